The van der Waals surface area contributed by atoms with Crippen molar-refractivity contribution in [1.29, 1.82) is 0 Å². The van der Waals surface area contributed by atoms with Crippen molar-refractivity contribution in [3.63, 3.8) is 0 Å². The number of benzene rings is 1. The second kappa shape index (κ2) is 15.9. The summed E-state index contributed by atoms with van der Waals surface area (Å²) in [7, 11) is 0. The van der Waals surface area contributed by atoms with E-state index in [1.165, 1.54) is 0 Å². The summed E-state index contributed by atoms with van der Waals surface area (Å²) in [6, 6.07) is 4.19. The lowest BCUT2D eigenvalue weighted by Crippen LogP contribution is -2.54. The Hall–Kier alpha value is -2.22. The van der Waals surface area contributed by atoms with Gasteiger partial charge in [-0.1, -0.05) is 44.4 Å². The van der Waals surface area contributed by atoms with Crippen molar-refractivity contribution in [3.05, 3.63) is 34.9 Å². The number of ether oxygens (including phenoxy) is 1. The summed E-state index contributed by atoms with van der Waals surface area (Å²) >= 11 is 1.61. The molecule has 0 aliphatic heterocycles. The first-order valence-corrected chi connectivity index (χ1v) is 14.9. The summed E-state index contributed by atoms with van der Waals surface area (Å²) in [5.41, 5.74) is 2.17. The number of hydrogen-bond donors (Lipinski definition) is 2. The molecule has 0 spiro atoms. The molecule has 0 aromatic heterocycles. The number of carbonyl (C=O) groups excluding carboxylic acids is 3. The normalized spacial score (nSPS) is 13.1. The summed E-state index contributed by atoms with van der Waals surface area (Å²) in [6.45, 7) is 15.8. The van der Waals surface area contributed by atoms with E-state index in [-0.39, 0.29) is 17.9 Å². The van der Waals surface area contributed by atoms with Crippen molar-refractivity contribution in [2.75, 3.05) is 18.6 Å². The molecule has 0 fully saturated rings. The fraction of sp³-hybridized carbons (Fsp3) is 0.690. The van der Waals surface area contributed by atoms with Gasteiger partial charge in [0, 0.05) is 12.6 Å². The Labute approximate surface area is 228 Å². The Morgan fingerprint density at radius 1 is 1.05 bits per heavy atom. The molecule has 37 heavy (non-hydrogen) atoms. The zero-order valence-corrected chi connectivity index (χ0v) is 25.2. The SMILES string of the molecule is CCCCCCN(C(=O)C(CCSC)NC(=O)OC(C)(C)C)C(C(=O)NC(C)C)c1cccc(C)c1C. The Morgan fingerprint density at radius 3 is 2.30 bits per heavy atom. The molecular formula is C29H49N3O4S. The van der Waals surface area contributed by atoms with Crippen LogP contribution in [-0.4, -0.2) is 59.0 Å². The van der Waals surface area contributed by atoms with Gasteiger partial charge in [-0.2, -0.15) is 11.8 Å². The average Bonchev–Trinajstić information content (AvgIpc) is 2.79. The molecule has 210 valence electrons. The highest BCUT2D eigenvalue weighted by molar-refractivity contribution is 7.98. The predicted molar refractivity (Wildman–Crippen MR) is 154 cm³/mol. The van der Waals surface area contributed by atoms with Crippen molar-refractivity contribution < 1.29 is 19.1 Å². The topological polar surface area (TPSA) is 87.7 Å². The first-order valence-electron chi connectivity index (χ1n) is 13.5. The van der Waals surface area contributed by atoms with Gasteiger partial charge in [-0.05, 0) is 90.0 Å². The highest BCUT2D eigenvalue weighted by Gasteiger charge is 2.36. The predicted octanol–water partition coefficient (Wildman–Crippen LogP) is 5.92. The number of hydrogen-bond acceptors (Lipinski definition) is 5. The van der Waals surface area contributed by atoms with Crippen LogP contribution in [0.25, 0.3) is 0 Å². The number of carbonyl (C=O) groups is 3. The number of rotatable bonds is 14. The zero-order valence-electron chi connectivity index (χ0n) is 24.4. The van der Waals surface area contributed by atoms with Gasteiger partial charge in [0.25, 0.3) is 0 Å². The molecule has 2 unspecified atom stereocenters. The van der Waals surface area contributed by atoms with E-state index in [4.69, 9.17) is 4.74 Å². The number of nitrogens with one attached hydrogen (secondary N) is 2. The zero-order chi connectivity index (χ0) is 28.2. The molecule has 1 rings (SSSR count). The van der Waals surface area contributed by atoms with Crippen LogP contribution >= 0.6 is 11.8 Å². The average molecular weight is 536 g/mol. The Bertz CT molecular complexity index is 882. The lowest BCUT2D eigenvalue weighted by molar-refractivity contribution is -0.142. The first kappa shape index (κ1) is 32.8. The van der Waals surface area contributed by atoms with E-state index in [2.05, 4.69) is 17.6 Å². The third-order valence-corrected chi connectivity index (χ3v) is 6.71. The highest BCUT2D eigenvalue weighted by Crippen LogP contribution is 2.28. The molecule has 0 saturated carbocycles. The number of thioether (sulfide) groups is 1. The number of alkyl carbamates (subject to hydrolysis) is 1. The van der Waals surface area contributed by atoms with Crippen LogP contribution in [0.3, 0.4) is 0 Å². The van der Waals surface area contributed by atoms with Gasteiger partial charge in [-0.15, -0.1) is 0 Å². The van der Waals surface area contributed by atoms with Crippen LogP contribution < -0.4 is 10.6 Å². The van der Waals surface area contributed by atoms with Crippen molar-refractivity contribution in [2.45, 2.75) is 111 Å². The summed E-state index contributed by atoms with van der Waals surface area (Å²) in [4.78, 5) is 42.2. The highest BCUT2D eigenvalue weighted by atomic mass is 32.2. The molecule has 0 aliphatic rings. The van der Waals surface area contributed by atoms with E-state index in [0.717, 1.165) is 42.4 Å². The molecule has 2 atom stereocenters. The molecule has 1 aromatic carbocycles. The summed E-state index contributed by atoms with van der Waals surface area (Å²) in [5.74, 6) is 0.206. The molecule has 0 aliphatic carbocycles. The van der Waals surface area contributed by atoms with E-state index in [1.807, 2.05) is 52.1 Å². The Kier molecular flexibility index (Phi) is 14.1. The molecule has 1 aromatic rings. The molecule has 2 N–H and O–H groups in total. The van der Waals surface area contributed by atoms with Gasteiger partial charge in [-0.25, -0.2) is 4.79 Å². The van der Waals surface area contributed by atoms with E-state index in [0.29, 0.717) is 18.7 Å². The van der Waals surface area contributed by atoms with E-state index < -0.39 is 23.8 Å². The van der Waals surface area contributed by atoms with Gasteiger partial charge in [0.2, 0.25) is 11.8 Å². The summed E-state index contributed by atoms with van der Waals surface area (Å²) < 4.78 is 5.46. The van der Waals surface area contributed by atoms with Gasteiger partial charge >= 0.3 is 6.09 Å². The lowest BCUT2D eigenvalue weighted by atomic mass is 9.94. The van der Waals surface area contributed by atoms with Crippen LogP contribution in [0, 0.1) is 13.8 Å². The summed E-state index contributed by atoms with van der Waals surface area (Å²) in [6.07, 6.45) is 5.63. The van der Waals surface area contributed by atoms with Crippen LogP contribution in [-0.2, 0) is 14.3 Å². The van der Waals surface area contributed by atoms with Crippen molar-refractivity contribution in [1.82, 2.24) is 15.5 Å². The minimum atomic E-state index is -0.798. The van der Waals surface area contributed by atoms with Crippen molar-refractivity contribution in [3.8, 4) is 0 Å². The van der Waals surface area contributed by atoms with Gasteiger partial charge in [0.1, 0.15) is 17.7 Å². The Morgan fingerprint density at radius 2 is 1.73 bits per heavy atom. The van der Waals surface area contributed by atoms with E-state index in [9.17, 15) is 14.4 Å². The van der Waals surface area contributed by atoms with E-state index in [1.54, 1.807) is 37.4 Å². The third-order valence-electron chi connectivity index (χ3n) is 6.07. The van der Waals surface area contributed by atoms with Crippen LogP contribution in [0.5, 0.6) is 0 Å². The van der Waals surface area contributed by atoms with Gasteiger partial charge in [0.15, 0.2) is 0 Å². The quantitative estimate of drug-likeness (QED) is 0.289. The van der Waals surface area contributed by atoms with Crippen LogP contribution in [0.4, 0.5) is 4.79 Å². The smallest absolute Gasteiger partial charge is 0.408 e. The van der Waals surface area contributed by atoms with Crippen molar-refractivity contribution >= 4 is 29.7 Å². The molecule has 7 nitrogen and oxygen atoms in total. The second-order valence-electron chi connectivity index (χ2n) is 10.9. The standard InChI is InChI=1S/C29H49N3O4S/c1-10-11-12-13-18-32(27(34)24(17-19-37-9)31-28(35)36-29(6,7)8)25(26(33)30-20(2)3)23-16-14-15-21(4)22(23)5/h14-16,20,24-25H,10-13,17-19H2,1-9H3,(H,30,33)(H,31,35). The molecule has 8 heteroatoms. The maximum absolute atomic E-state index is 14.2. The maximum atomic E-state index is 14.2. The second-order valence-corrected chi connectivity index (χ2v) is 11.9. The number of unbranched alkanes of at least 4 members (excludes halogenated alkanes) is 3. The van der Waals surface area contributed by atoms with Gasteiger partial charge in [0.05, 0.1) is 0 Å². The minimum absolute atomic E-state index is 0.0793. The fourth-order valence-corrected chi connectivity index (χ4v) is 4.57. The number of nitrogens with zero attached hydrogens (tertiary/aromatic N) is 1. The lowest BCUT2D eigenvalue weighted by Gasteiger charge is -2.35. The summed E-state index contributed by atoms with van der Waals surface area (Å²) in [5, 5.41) is 5.83. The molecule has 3 amide bonds. The molecule has 0 heterocycles. The Balaban J connectivity index is 3.52. The number of amides is 3. The van der Waals surface area contributed by atoms with Crippen LogP contribution in [0.2, 0.25) is 0 Å². The molecule has 0 saturated heterocycles. The van der Waals surface area contributed by atoms with Crippen LogP contribution in [0.1, 0.15) is 96.4 Å². The number of aryl methyl sites for hydroxylation is 1. The van der Waals surface area contributed by atoms with Crippen LogP contribution in [0.15, 0.2) is 18.2 Å². The molecule has 0 radical (unpaired) electrons. The fourth-order valence-electron chi connectivity index (χ4n) is 4.10. The largest absolute Gasteiger partial charge is 0.444 e. The van der Waals surface area contributed by atoms with Crippen molar-refractivity contribution in [2.24, 2.45) is 0 Å². The third kappa shape index (κ3) is 11.4. The maximum Gasteiger partial charge on any atom is 0.408 e. The first-order chi connectivity index (χ1) is 17.3. The minimum Gasteiger partial charge on any atom is -0.444 e. The van der Waals surface area contributed by atoms with Gasteiger partial charge < -0.3 is 20.3 Å². The monoisotopic (exact) mass is 535 g/mol. The molecule has 0 bridgehead atoms. The molecular weight excluding hydrogens is 486 g/mol. The van der Waals surface area contributed by atoms with Gasteiger partial charge in [-0.3, -0.25) is 9.59 Å². The van der Waals surface area contributed by atoms with E-state index >= 15 is 0 Å².